The van der Waals surface area contributed by atoms with Gasteiger partial charge in [-0.3, -0.25) is 9.59 Å². The molecule has 0 heterocycles. The highest BCUT2D eigenvalue weighted by molar-refractivity contribution is 5.81. The van der Waals surface area contributed by atoms with Crippen molar-refractivity contribution in [2.45, 2.75) is 53.8 Å². The van der Waals surface area contributed by atoms with Gasteiger partial charge in [-0.25, -0.2) is 0 Å². The summed E-state index contributed by atoms with van der Waals surface area (Å²) in [7, 11) is 0. The van der Waals surface area contributed by atoms with Crippen molar-refractivity contribution in [3.63, 3.8) is 0 Å². The highest BCUT2D eigenvalue weighted by atomic mass is 16.6. The Bertz CT molecular complexity index is 299. The molecule has 0 bridgehead atoms. The van der Waals surface area contributed by atoms with Crippen LogP contribution >= 0.6 is 0 Å². The number of hydrogen-bond acceptors (Lipinski definition) is 6. The van der Waals surface area contributed by atoms with Crippen LogP contribution in [0.2, 0.25) is 0 Å². The molecule has 0 rings (SSSR count). The molecule has 0 radical (unpaired) electrons. The molecule has 0 saturated heterocycles. The maximum atomic E-state index is 11.9. The Kier molecular flexibility index (Phi) is 10.8. The van der Waals surface area contributed by atoms with Crippen LogP contribution in [0, 0.1) is 11.8 Å². The van der Waals surface area contributed by atoms with Gasteiger partial charge in [0.25, 0.3) is 0 Å². The quantitative estimate of drug-likeness (QED) is 0.544. The second-order valence-electron chi connectivity index (χ2n) is 5.37. The highest BCUT2D eigenvalue weighted by Crippen LogP contribution is 2.15. The molecule has 0 spiro atoms. The summed E-state index contributed by atoms with van der Waals surface area (Å²) in [6.45, 7) is 12.2. The molecule has 0 aliphatic carbocycles. The van der Waals surface area contributed by atoms with E-state index in [2.05, 4.69) is 0 Å². The first-order valence-corrected chi connectivity index (χ1v) is 7.89. The molecule has 6 heteroatoms. The van der Waals surface area contributed by atoms with Gasteiger partial charge in [0.2, 0.25) is 0 Å². The maximum Gasteiger partial charge on any atom is 0.309 e. The minimum absolute atomic E-state index is 0.157. The van der Waals surface area contributed by atoms with Crippen LogP contribution in [0.1, 0.15) is 41.5 Å². The lowest BCUT2D eigenvalue weighted by Crippen LogP contribution is -2.31. The summed E-state index contributed by atoms with van der Waals surface area (Å²) in [5, 5.41) is 0. The molecule has 130 valence electrons. The lowest BCUT2D eigenvalue weighted by atomic mass is 9.96. The topological polar surface area (TPSA) is 71.1 Å². The van der Waals surface area contributed by atoms with Gasteiger partial charge in [-0.05, 0) is 27.7 Å². The summed E-state index contributed by atoms with van der Waals surface area (Å²) in [4.78, 5) is 23.9. The van der Waals surface area contributed by atoms with Gasteiger partial charge < -0.3 is 18.9 Å². The van der Waals surface area contributed by atoms with Gasteiger partial charge in [0, 0.05) is 13.2 Å². The first-order valence-electron chi connectivity index (χ1n) is 7.89. The predicted octanol–water partition coefficient (Wildman–Crippen LogP) is 2.20. The molecule has 0 aromatic heterocycles. The number of carbonyl (C=O) groups excluding carboxylic acids is 2. The molecule has 0 saturated carbocycles. The van der Waals surface area contributed by atoms with Crippen molar-refractivity contribution in [2.24, 2.45) is 11.8 Å². The van der Waals surface area contributed by atoms with Gasteiger partial charge in [-0.2, -0.15) is 0 Å². The third-order valence-corrected chi connectivity index (χ3v) is 3.32. The third kappa shape index (κ3) is 8.34. The van der Waals surface area contributed by atoms with Crippen molar-refractivity contribution in [3.8, 4) is 0 Å². The van der Waals surface area contributed by atoms with Gasteiger partial charge >= 0.3 is 11.9 Å². The molecule has 22 heavy (non-hydrogen) atoms. The number of rotatable bonds is 11. The summed E-state index contributed by atoms with van der Waals surface area (Å²) in [5.41, 5.74) is 0. The average molecular weight is 318 g/mol. The minimum Gasteiger partial charge on any atom is -0.463 e. The third-order valence-electron chi connectivity index (χ3n) is 3.32. The highest BCUT2D eigenvalue weighted by Gasteiger charge is 2.29. The van der Waals surface area contributed by atoms with Gasteiger partial charge in [0.05, 0.1) is 24.0 Å². The Hall–Kier alpha value is -1.14. The Balaban J connectivity index is 4.19. The summed E-state index contributed by atoms with van der Waals surface area (Å²) < 4.78 is 20.9. The van der Waals surface area contributed by atoms with E-state index in [0.29, 0.717) is 13.2 Å². The van der Waals surface area contributed by atoms with Crippen LogP contribution in [0.4, 0.5) is 0 Å². The summed E-state index contributed by atoms with van der Waals surface area (Å²) in [5.74, 6) is -1.98. The van der Waals surface area contributed by atoms with E-state index in [0.717, 1.165) is 0 Å². The smallest absolute Gasteiger partial charge is 0.309 e. The molecule has 0 amide bonds. The van der Waals surface area contributed by atoms with Gasteiger partial charge in [-0.1, -0.05) is 13.8 Å². The van der Waals surface area contributed by atoms with Gasteiger partial charge in [-0.15, -0.1) is 0 Å². The van der Waals surface area contributed by atoms with E-state index in [-0.39, 0.29) is 25.4 Å². The monoisotopic (exact) mass is 318 g/mol. The van der Waals surface area contributed by atoms with Crippen molar-refractivity contribution in [2.75, 3.05) is 26.4 Å². The fourth-order valence-corrected chi connectivity index (χ4v) is 1.74. The largest absolute Gasteiger partial charge is 0.463 e. The van der Waals surface area contributed by atoms with E-state index >= 15 is 0 Å². The van der Waals surface area contributed by atoms with E-state index in [4.69, 9.17) is 18.9 Å². The van der Waals surface area contributed by atoms with E-state index in [1.54, 1.807) is 13.8 Å². The number of carbonyl (C=O) groups is 2. The minimum atomic E-state index is -0.566. The zero-order chi connectivity index (χ0) is 17.1. The second kappa shape index (κ2) is 11.4. The van der Waals surface area contributed by atoms with Crippen LogP contribution in [-0.4, -0.2) is 50.6 Å². The molecule has 4 atom stereocenters. The Morgan fingerprint density at radius 1 is 0.727 bits per heavy atom. The zero-order valence-electron chi connectivity index (χ0n) is 14.6. The van der Waals surface area contributed by atoms with E-state index in [1.807, 2.05) is 27.7 Å². The lowest BCUT2D eigenvalue weighted by Gasteiger charge is -2.20. The molecule has 0 aromatic carbocycles. The SMILES string of the molecule is CCOC(C)COC(=O)C(C)C(C)C(=O)OCC(C)OCC. The summed E-state index contributed by atoms with van der Waals surface area (Å²) in [6.07, 6.45) is -0.314. The average Bonchev–Trinajstić information content (AvgIpc) is 2.49. The van der Waals surface area contributed by atoms with E-state index < -0.39 is 23.8 Å². The molecular formula is C16H30O6. The Morgan fingerprint density at radius 3 is 1.32 bits per heavy atom. The van der Waals surface area contributed by atoms with Crippen molar-refractivity contribution < 1.29 is 28.5 Å². The molecule has 4 unspecified atom stereocenters. The number of esters is 2. The molecule has 0 N–H and O–H groups in total. The van der Waals surface area contributed by atoms with Crippen molar-refractivity contribution >= 4 is 11.9 Å². The van der Waals surface area contributed by atoms with Crippen LogP contribution < -0.4 is 0 Å². The second-order valence-corrected chi connectivity index (χ2v) is 5.37. The van der Waals surface area contributed by atoms with Gasteiger partial charge in [0.1, 0.15) is 13.2 Å². The van der Waals surface area contributed by atoms with Gasteiger partial charge in [0.15, 0.2) is 0 Å². The Labute approximate surface area is 133 Å². The first kappa shape index (κ1) is 20.9. The van der Waals surface area contributed by atoms with Crippen LogP contribution in [-0.2, 0) is 28.5 Å². The molecular weight excluding hydrogens is 288 g/mol. The van der Waals surface area contributed by atoms with Crippen LogP contribution in [0.15, 0.2) is 0 Å². The normalized spacial score (nSPS) is 16.5. The fourth-order valence-electron chi connectivity index (χ4n) is 1.74. The van der Waals surface area contributed by atoms with E-state index in [1.165, 1.54) is 0 Å². The van der Waals surface area contributed by atoms with Crippen LogP contribution in [0.3, 0.4) is 0 Å². The van der Waals surface area contributed by atoms with Crippen molar-refractivity contribution in [3.05, 3.63) is 0 Å². The molecule has 0 aliphatic rings. The van der Waals surface area contributed by atoms with Crippen molar-refractivity contribution in [1.82, 2.24) is 0 Å². The lowest BCUT2D eigenvalue weighted by molar-refractivity contribution is -0.163. The standard InChI is InChI=1S/C16H30O6/c1-7-19-11(3)9-21-15(17)13(5)14(6)16(18)22-10-12(4)20-8-2/h11-14H,7-10H2,1-6H3. The molecule has 0 aromatic rings. The van der Waals surface area contributed by atoms with Crippen molar-refractivity contribution in [1.29, 1.82) is 0 Å². The zero-order valence-corrected chi connectivity index (χ0v) is 14.6. The number of ether oxygens (including phenoxy) is 4. The molecule has 0 aliphatic heterocycles. The maximum absolute atomic E-state index is 11.9. The van der Waals surface area contributed by atoms with Crippen LogP contribution in [0.25, 0.3) is 0 Å². The van der Waals surface area contributed by atoms with E-state index in [9.17, 15) is 9.59 Å². The van der Waals surface area contributed by atoms with Crippen LogP contribution in [0.5, 0.6) is 0 Å². The molecule has 6 nitrogen and oxygen atoms in total. The predicted molar refractivity (Wildman–Crippen MR) is 82.4 cm³/mol. The summed E-state index contributed by atoms with van der Waals surface area (Å²) >= 11 is 0. The summed E-state index contributed by atoms with van der Waals surface area (Å²) in [6, 6.07) is 0. The Morgan fingerprint density at radius 2 is 1.05 bits per heavy atom. The molecule has 0 fully saturated rings. The fraction of sp³-hybridized carbons (Fsp3) is 0.875. The first-order chi connectivity index (χ1) is 10.3. The number of hydrogen-bond donors (Lipinski definition) is 0.